The number of morpholine rings is 1. The first-order valence-corrected chi connectivity index (χ1v) is 8.33. The molecule has 1 aromatic heterocycles. The lowest BCUT2D eigenvalue weighted by Crippen LogP contribution is -2.47. The maximum Gasteiger partial charge on any atom is 0.407 e. The van der Waals surface area contributed by atoms with E-state index in [0.29, 0.717) is 19.8 Å². The lowest BCUT2D eigenvalue weighted by molar-refractivity contribution is 0.0366. The Kier molecular flexibility index (Phi) is 3.79. The van der Waals surface area contributed by atoms with E-state index in [2.05, 4.69) is 25.1 Å². The average molecular weight is 334 g/mol. The number of nitrogen functional groups attached to an aromatic ring is 1. The van der Waals surface area contributed by atoms with E-state index in [-0.39, 0.29) is 17.6 Å². The van der Waals surface area contributed by atoms with Crippen molar-refractivity contribution in [2.75, 3.05) is 61.5 Å². The summed E-state index contributed by atoms with van der Waals surface area (Å²) in [4.78, 5) is 24.4. The van der Waals surface area contributed by atoms with Crippen LogP contribution in [0.5, 0.6) is 0 Å². The number of ether oxygens (including phenoxy) is 2. The Bertz CT molecular complexity index is 626. The van der Waals surface area contributed by atoms with Crippen LogP contribution in [0.15, 0.2) is 6.07 Å². The molecule has 3 aliphatic rings. The molecule has 9 heteroatoms. The van der Waals surface area contributed by atoms with Crippen molar-refractivity contribution in [2.24, 2.45) is 0 Å². The molecule has 0 saturated carbocycles. The van der Waals surface area contributed by atoms with Crippen molar-refractivity contribution in [1.82, 2.24) is 15.3 Å². The fourth-order valence-electron chi connectivity index (χ4n) is 3.48. The second-order valence-electron chi connectivity index (χ2n) is 6.46. The van der Waals surface area contributed by atoms with Gasteiger partial charge in [-0.1, -0.05) is 0 Å². The summed E-state index contributed by atoms with van der Waals surface area (Å²) in [5, 5.41) is 2.75. The first kappa shape index (κ1) is 15.3. The number of piperidine rings is 1. The third-order valence-electron chi connectivity index (χ3n) is 4.91. The Labute approximate surface area is 140 Å². The van der Waals surface area contributed by atoms with Gasteiger partial charge in [0.2, 0.25) is 5.95 Å². The van der Waals surface area contributed by atoms with E-state index in [4.69, 9.17) is 15.2 Å². The van der Waals surface area contributed by atoms with Crippen LogP contribution in [0, 0.1) is 0 Å². The van der Waals surface area contributed by atoms with Crippen LogP contribution in [-0.2, 0) is 9.47 Å². The molecule has 4 rings (SSSR count). The van der Waals surface area contributed by atoms with E-state index in [9.17, 15) is 4.79 Å². The number of aromatic nitrogens is 2. The molecular weight excluding hydrogens is 312 g/mol. The third kappa shape index (κ3) is 2.91. The number of nitrogens with zero attached hydrogens (tertiary/aromatic N) is 4. The highest BCUT2D eigenvalue weighted by Gasteiger charge is 2.43. The lowest BCUT2D eigenvalue weighted by atomic mass is 9.92. The summed E-state index contributed by atoms with van der Waals surface area (Å²) in [6.45, 7) is 5.14. The molecule has 4 heterocycles. The lowest BCUT2D eigenvalue weighted by Gasteiger charge is -2.38. The van der Waals surface area contributed by atoms with E-state index in [1.165, 1.54) is 0 Å². The second-order valence-corrected chi connectivity index (χ2v) is 6.46. The molecular formula is C15H22N6O3. The molecule has 3 fully saturated rings. The van der Waals surface area contributed by atoms with Crippen molar-refractivity contribution in [3.05, 3.63) is 6.07 Å². The minimum Gasteiger partial charge on any atom is -0.441 e. The van der Waals surface area contributed by atoms with Crippen molar-refractivity contribution < 1.29 is 14.3 Å². The molecule has 0 aromatic carbocycles. The fraction of sp³-hybridized carbons (Fsp3) is 0.667. The van der Waals surface area contributed by atoms with Crippen LogP contribution in [0.2, 0.25) is 0 Å². The molecule has 9 nitrogen and oxygen atoms in total. The number of nitrogens with one attached hydrogen (secondary N) is 1. The largest absolute Gasteiger partial charge is 0.441 e. The molecule has 1 aromatic rings. The van der Waals surface area contributed by atoms with Crippen LogP contribution in [0.3, 0.4) is 0 Å². The number of hydrogen-bond acceptors (Lipinski definition) is 8. The minimum absolute atomic E-state index is 0.281. The van der Waals surface area contributed by atoms with Crippen molar-refractivity contribution in [3.8, 4) is 0 Å². The molecule has 0 bridgehead atoms. The van der Waals surface area contributed by atoms with E-state index < -0.39 is 0 Å². The molecule has 1 amide bonds. The number of anilines is 3. The highest BCUT2D eigenvalue weighted by atomic mass is 16.6. The quantitative estimate of drug-likeness (QED) is 0.777. The van der Waals surface area contributed by atoms with Gasteiger partial charge in [0.1, 0.15) is 17.2 Å². The molecule has 3 saturated heterocycles. The SMILES string of the molecule is Nc1nc(N2CCOCC2)cc(N2CCC3(CC2)CNC(=O)O3)n1. The standard InChI is InChI=1S/C15H22N6O3/c16-13-18-11(9-12(19-13)21-5-7-23-8-6-21)20-3-1-15(2-4-20)10-17-14(22)24-15/h9H,1-8,10H2,(H,17,22)(H2,16,18,19). The monoisotopic (exact) mass is 334 g/mol. The number of nitrogens with two attached hydrogens (primary N) is 1. The van der Waals surface area contributed by atoms with Gasteiger partial charge in [-0.2, -0.15) is 9.97 Å². The number of carbonyl (C=O) groups excluding carboxylic acids is 1. The summed E-state index contributed by atoms with van der Waals surface area (Å²) >= 11 is 0. The van der Waals surface area contributed by atoms with Crippen molar-refractivity contribution in [2.45, 2.75) is 18.4 Å². The highest BCUT2D eigenvalue weighted by Crippen LogP contribution is 2.32. The van der Waals surface area contributed by atoms with Gasteiger partial charge in [-0.15, -0.1) is 0 Å². The fourth-order valence-corrected chi connectivity index (χ4v) is 3.48. The van der Waals surface area contributed by atoms with Gasteiger partial charge in [-0.05, 0) is 0 Å². The Morgan fingerprint density at radius 2 is 1.71 bits per heavy atom. The van der Waals surface area contributed by atoms with Gasteiger partial charge in [-0.25, -0.2) is 4.79 Å². The molecule has 0 radical (unpaired) electrons. The predicted octanol–water partition coefficient (Wildman–Crippen LogP) is -0.0258. The summed E-state index contributed by atoms with van der Waals surface area (Å²) in [6.07, 6.45) is 1.25. The van der Waals surface area contributed by atoms with E-state index >= 15 is 0 Å². The molecule has 24 heavy (non-hydrogen) atoms. The van der Waals surface area contributed by atoms with Crippen molar-refractivity contribution in [1.29, 1.82) is 0 Å². The second kappa shape index (κ2) is 5.97. The summed E-state index contributed by atoms with van der Waals surface area (Å²) < 4.78 is 10.8. The molecule has 3 N–H and O–H groups in total. The Hall–Kier alpha value is -2.29. The maximum absolute atomic E-state index is 11.3. The smallest absolute Gasteiger partial charge is 0.407 e. The van der Waals surface area contributed by atoms with E-state index in [0.717, 1.165) is 50.7 Å². The number of amides is 1. The molecule has 0 atom stereocenters. The third-order valence-corrected chi connectivity index (χ3v) is 4.91. The Morgan fingerprint density at radius 3 is 2.29 bits per heavy atom. The Morgan fingerprint density at radius 1 is 1.08 bits per heavy atom. The van der Waals surface area contributed by atoms with Crippen LogP contribution in [-0.4, -0.2) is 67.6 Å². The van der Waals surface area contributed by atoms with Crippen molar-refractivity contribution in [3.63, 3.8) is 0 Å². The number of rotatable bonds is 2. The van der Waals surface area contributed by atoms with E-state index in [1.54, 1.807) is 0 Å². The Balaban J connectivity index is 1.48. The summed E-state index contributed by atoms with van der Waals surface area (Å²) in [6, 6.07) is 1.98. The zero-order valence-corrected chi connectivity index (χ0v) is 13.5. The van der Waals surface area contributed by atoms with Gasteiger partial charge in [0.25, 0.3) is 0 Å². The van der Waals surface area contributed by atoms with Gasteiger partial charge in [0.05, 0.1) is 19.8 Å². The topological polar surface area (TPSA) is 106 Å². The molecule has 3 aliphatic heterocycles. The molecule has 0 aliphatic carbocycles. The molecule has 1 spiro atoms. The van der Waals surface area contributed by atoms with Crippen LogP contribution >= 0.6 is 0 Å². The van der Waals surface area contributed by atoms with Gasteiger partial charge < -0.3 is 30.3 Å². The molecule has 0 unspecified atom stereocenters. The minimum atomic E-state index is -0.362. The number of carbonyl (C=O) groups is 1. The number of hydrogen-bond donors (Lipinski definition) is 2. The van der Waals surface area contributed by atoms with Crippen LogP contribution in [0.1, 0.15) is 12.8 Å². The zero-order valence-electron chi connectivity index (χ0n) is 13.5. The summed E-state index contributed by atoms with van der Waals surface area (Å²) in [5.74, 6) is 1.95. The first-order chi connectivity index (χ1) is 11.6. The zero-order chi connectivity index (χ0) is 16.6. The summed E-state index contributed by atoms with van der Waals surface area (Å²) in [5.41, 5.74) is 5.56. The highest BCUT2D eigenvalue weighted by molar-refractivity contribution is 5.70. The van der Waals surface area contributed by atoms with E-state index in [1.807, 2.05) is 6.07 Å². The molecule has 130 valence electrons. The van der Waals surface area contributed by atoms with Crippen LogP contribution in [0.4, 0.5) is 22.4 Å². The summed E-state index contributed by atoms with van der Waals surface area (Å²) in [7, 11) is 0. The van der Waals surface area contributed by atoms with Gasteiger partial charge in [0.15, 0.2) is 0 Å². The van der Waals surface area contributed by atoms with Crippen LogP contribution < -0.4 is 20.9 Å². The van der Waals surface area contributed by atoms with Gasteiger partial charge in [0, 0.05) is 45.1 Å². The maximum atomic E-state index is 11.3. The predicted molar refractivity (Wildman–Crippen MR) is 88.1 cm³/mol. The first-order valence-electron chi connectivity index (χ1n) is 8.33. The normalized spacial score (nSPS) is 23.2. The van der Waals surface area contributed by atoms with Crippen LogP contribution in [0.25, 0.3) is 0 Å². The average Bonchev–Trinajstić information content (AvgIpc) is 2.96. The van der Waals surface area contributed by atoms with Gasteiger partial charge >= 0.3 is 6.09 Å². The van der Waals surface area contributed by atoms with Gasteiger partial charge in [-0.3, -0.25) is 0 Å². The van der Waals surface area contributed by atoms with Crippen molar-refractivity contribution >= 4 is 23.7 Å². The number of alkyl carbamates (subject to hydrolysis) is 1.